The zero-order chi connectivity index (χ0) is 15.4. The van der Waals surface area contributed by atoms with Crippen LogP contribution in [0.3, 0.4) is 0 Å². The molecular formula is C13H11ClN2O5. The predicted octanol–water partition coefficient (Wildman–Crippen LogP) is 2.64. The van der Waals surface area contributed by atoms with Crippen LogP contribution in [0.25, 0.3) is 0 Å². The third-order valence-electron chi connectivity index (χ3n) is 2.47. The van der Waals surface area contributed by atoms with Gasteiger partial charge in [-0.3, -0.25) is 0 Å². The lowest BCUT2D eigenvalue weighted by Crippen LogP contribution is -2.03. The standard InChI is InChI=1S/C13H11ClN2O5/c1-19-9-6-10(20-2)16-13(15-9)21-11-7(12(17)18)4-3-5-8(11)14/h3-6H,1-2H3,(H,17,18). The van der Waals surface area contributed by atoms with Gasteiger partial charge in [0, 0.05) is 0 Å². The minimum Gasteiger partial charge on any atom is -0.481 e. The Bertz CT molecular complexity index is 655. The van der Waals surface area contributed by atoms with E-state index in [2.05, 4.69) is 9.97 Å². The van der Waals surface area contributed by atoms with E-state index in [0.29, 0.717) is 0 Å². The average molecular weight is 311 g/mol. The largest absolute Gasteiger partial charge is 0.481 e. The maximum Gasteiger partial charge on any atom is 0.339 e. The van der Waals surface area contributed by atoms with Crippen LogP contribution in [0.4, 0.5) is 0 Å². The first-order chi connectivity index (χ1) is 10.0. The molecule has 0 atom stereocenters. The second-order valence-electron chi connectivity index (χ2n) is 3.76. The summed E-state index contributed by atoms with van der Waals surface area (Å²) < 4.78 is 15.4. The molecule has 0 amide bonds. The van der Waals surface area contributed by atoms with Crippen LogP contribution in [-0.4, -0.2) is 35.3 Å². The van der Waals surface area contributed by atoms with Crippen molar-refractivity contribution in [2.75, 3.05) is 14.2 Å². The molecule has 0 aliphatic carbocycles. The molecule has 2 rings (SSSR count). The van der Waals surface area contributed by atoms with Crippen molar-refractivity contribution in [3.05, 3.63) is 34.9 Å². The summed E-state index contributed by atoms with van der Waals surface area (Å²) in [7, 11) is 2.84. The van der Waals surface area contributed by atoms with Gasteiger partial charge in [0.2, 0.25) is 11.8 Å². The topological polar surface area (TPSA) is 90.8 Å². The lowest BCUT2D eigenvalue weighted by atomic mass is 10.2. The number of aromatic nitrogens is 2. The molecule has 0 bridgehead atoms. The Morgan fingerprint density at radius 2 is 1.81 bits per heavy atom. The number of aromatic carboxylic acids is 1. The van der Waals surface area contributed by atoms with Gasteiger partial charge in [-0.25, -0.2) is 4.79 Å². The highest BCUT2D eigenvalue weighted by molar-refractivity contribution is 6.32. The monoisotopic (exact) mass is 310 g/mol. The first kappa shape index (κ1) is 14.9. The van der Waals surface area contributed by atoms with E-state index in [-0.39, 0.29) is 34.1 Å². The van der Waals surface area contributed by atoms with Gasteiger partial charge in [0.15, 0.2) is 5.75 Å². The zero-order valence-electron chi connectivity index (χ0n) is 11.2. The molecule has 1 heterocycles. The number of carboxylic acid groups (broad SMARTS) is 1. The van der Waals surface area contributed by atoms with Crippen molar-refractivity contribution >= 4 is 17.6 Å². The SMILES string of the molecule is COc1cc(OC)nc(Oc2c(Cl)cccc2C(=O)O)n1. The summed E-state index contributed by atoms with van der Waals surface area (Å²) in [5, 5.41) is 9.27. The molecule has 0 spiro atoms. The molecule has 0 radical (unpaired) electrons. The lowest BCUT2D eigenvalue weighted by Gasteiger charge is -2.10. The van der Waals surface area contributed by atoms with E-state index in [1.54, 1.807) is 0 Å². The van der Waals surface area contributed by atoms with Gasteiger partial charge in [-0.15, -0.1) is 0 Å². The lowest BCUT2D eigenvalue weighted by molar-refractivity contribution is 0.0694. The number of hydrogen-bond donors (Lipinski definition) is 1. The van der Waals surface area contributed by atoms with Crippen molar-refractivity contribution < 1.29 is 24.1 Å². The highest BCUT2D eigenvalue weighted by atomic mass is 35.5. The normalized spacial score (nSPS) is 10.0. The van der Waals surface area contributed by atoms with Gasteiger partial charge in [-0.1, -0.05) is 17.7 Å². The Balaban J connectivity index is 2.45. The van der Waals surface area contributed by atoms with E-state index in [9.17, 15) is 4.79 Å². The second kappa shape index (κ2) is 6.27. The first-order valence-electron chi connectivity index (χ1n) is 5.72. The molecule has 0 saturated heterocycles. The van der Waals surface area contributed by atoms with Gasteiger partial charge in [-0.2, -0.15) is 9.97 Å². The van der Waals surface area contributed by atoms with E-state index >= 15 is 0 Å². The molecule has 1 aromatic heterocycles. The predicted molar refractivity (Wildman–Crippen MR) is 73.6 cm³/mol. The van der Waals surface area contributed by atoms with Crippen molar-refractivity contribution in [1.82, 2.24) is 9.97 Å². The molecule has 0 fully saturated rings. The number of carboxylic acids is 1. The van der Waals surface area contributed by atoms with Crippen molar-refractivity contribution in [3.63, 3.8) is 0 Å². The van der Waals surface area contributed by atoms with Crippen molar-refractivity contribution in [2.24, 2.45) is 0 Å². The average Bonchev–Trinajstić information content (AvgIpc) is 2.48. The fourth-order valence-electron chi connectivity index (χ4n) is 1.51. The maximum atomic E-state index is 11.2. The fourth-order valence-corrected chi connectivity index (χ4v) is 1.72. The number of halogens is 1. The number of ether oxygens (including phenoxy) is 3. The smallest absolute Gasteiger partial charge is 0.339 e. The highest BCUT2D eigenvalue weighted by Gasteiger charge is 2.17. The molecule has 1 aromatic carbocycles. The van der Waals surface area contributed by atoms with Gasteiger partial charge >= 0.3 is 12.0 Å². The van der Waals surface area contributed by atoms with Gasteiger partial charge in [0.25, 0.3) is 0 Å². The summed E-state index contributed by atoms with van der Waals surface area (Å²) in [5.41, 5.74) is -0.104. The maximum absolute atomic E-state index is 11.2. The zero-order valence-corrected chi connectivity index (χ0v) is 11.9. The molecule has 0 unspecified atom stereocenters. The molecule has 0 aliphatic rings. The summed E-state index contributed by atoms with van der Waals surface area (Å²) in [5.74, 6) is -0.814. The van der Waals surface area contributed by atoms with Gasteiger partial charge in [0.1, 0.15) is 5.56 Å². The Morgan fingerprint density at radius 1 is 1.19 bits per heavy atom. The van der Waals surface area contributed by atoms with Gasteiger partial charge < -0.3 is 19.3 Å². The van der Waals surface area contributed by atoms with Crippen LogP contribution in [0.15, 0.2) is 24.3 Å². The van der Waals surface area contributed by atoms with Gasteiger partial charge in [-0.05, 0) is 12.1 Å². The van der Waals surface area contributed by atoms with E-state index in [1.807, 2.05) is 0 Å². The molecule has 8 heteroatoms. The number of para-hydroxylation sites is 1. The van der Waals surface area contributed by atoms with Crippen LogP contribution in [0.2, 0.25) is 5.02 Å². The van der Waals surface area contributed by atoms with Crippen LogP contribution in [-0.2, 0) is 0 Å². The third-order valence-corrected chi connectivity index (χ3v) is 2.77. The molecular weight excluding hydrogens is 300 g/mol. The Morgan fingerprint density at radius 3 is 2.33 bits per heavy atom. The van der Waals surface area contributed by atoms with Crippen LogP contribution >= 0.6 is 11.6 Å². The minimum absolute atomic E-state index is 0.0537. The van der Waals surface area contributed by atoms with Crippen molar-refractivity contribution in [3.8, 4) is 23.5 Å². The summed E-state index contributed by atoms with van der Waals surface area (Å²) in [6.45, 7) is 0. The Hall–Kier alpha value is -2.54. The van der Waals surface area contributed by atoms with E-state index < -0.39 is 5.97 Å². The summed E-state index contributed by atoms with van der Waals surface area (Å²) in [6.07, 6.45) is 0. The summed E-state index contributed by atoms with van der Waals surface area (Å²) in [4.78, 5) is 19.1. The second-order valence-corrected chi connectivity index (χ2v) is 4.17. The van der Waals surface area contributed by atoms with Crippen LogP contribution in [0.1, 0.15) is 10.4 Å². The number of nitrogens with zero attached hydrogens (tertiary/aromatic N) is 2. The Kier molecular flexibility index (Phi) is 4.44. The number of benzene rings is 1. The Labute approximate surface area is 125 Å². The molecule has 0 aliphatic heterocycles. The molecule has 2 aromatic rings. The summed E-state index contributed by atoms with van der Waals surface area (Å²) in [6, 6.07) is 5.69. The molecule has 7 nitrogen and oxygen atoms in total. The fraction of sp³-hybridized carbons (Fsp3) is 0.154. The van der Waals surface area contributed by atoms with E-state index in [4.69, 9.17) is 30.9 Å². The first-order valence-corrected chi connectivity index (χ1v) is 6.09. The van der Waals surface area contributed by atoms with Crippen LogP contribution in [0.5, 0.6) is 23.5 Å². The molecule has 110 valence electrons. The molecule has 1 N–H and O–H groups in total. The number of hydrogen-bond acceptors (Lipinski definition) is 6. The third kappa shape index (κ3) is 3.32. The quantitative estimate of drug-likeness (QED) is 0.907. The molecule has 21 heavy (non-hydrogen) atoms. The number of rotatable bonds is 5. The van der Waals surface area contributed by atoms with E-state index in [1.165, 1.54) is 38.5 Å². The van der Waals surface area contributed by atoms with Gasteiger partial charge in [0.05, 0.1) is 25.3 Å². The van der Waals surface area contributed by atoms with Crippen molar-refractivity contribution in [1.29, 1.82) is 0 Å². The van der Waals surface area contributed by atoms with Crippen molar-refractivity contribution in [2.45, 2.75) is 0 Å². The van der Waals surface area contributed by atoms with Crippen LogP contribution < -0.4 is 14.2 Å². The minimum atomic E-state index is -1.18. The highest BCUT2D eigenvalue weighted by Crippen LogP contribution is 2.32. The number of carbonyl (C=O) groups is 1. The molecule has 0 saturated carbocycles. The van der Waals surface area contributed by atoms with Crippen LogP contribution in [0, 0.1) is 0 Å². The summed E-state index contributed by atoms with van der Waals surface area (Å²) >= 11 is 5.96. The number of methoxy groups -OCH3 is 2. The van der Waals surface area contributed by atoms with E-state index in [0.717, 1.165) is 0 Å².